The number of aliphatic imine (C=N–C) groups is 1. The predicted octanol–water partition coefficient (Wildman–Crippen LogP) is 3.71. The molecule has 0 saturated carbocycles. The zero-order valence-electron chi connectivity index (χ0n) is 11.4. The molecule has 0 spiro atoms. The number of rotatable bonds is 3. The molecule has 0 unspecified atom stereocenters. The summed E-state index contributed by atoms with van der Waals surface area (Å²) in [5, 5.41) is 4.39. The van der Waals surface area contributed by atoms with Gasteiger partial charge in [0.25, 0.3) is 0 Å². The Balaban J connectivity index is 2.02. The van der Waals surface area contributed by atoms with Crippen molar-refractivity contribution in [3.63, 3.8) is 0 Å². The summed E-state index contributed by atoms with van der Waals surface area (Å²) in [7, 11) is 0. The van der Waals surface area contributed by atoms with Gasteiger partial charge in [0, 0.05) is 18.5 Å². The van der Waals surface area contributed by atoms with Crippen LogP contribution in [0.2, 0.25) is 0 Å². The molecule has 1 aliphatic rings. The molecule has 0 saturated heterocycles. The third-order valence-electron chi connectivity index (χ3n) is 3.70. The van der Waals surface area contributed by atoms with E-state index in [4.69, 9.17) is 4.99 Å². The Hall–Kier alpha value is -1.03. The van der Waals surface area contributed by atoms with Crippen LogP contribution in [-0.2, 0) is 0 Å². The smallest absolute Gasteiger partial charge is 0.161 e. The third kappa shape index (κ3) is 3.05. The maximum atomic E-state index is 4.69. The molecule has 0 fully saturated rings. The summed E-state index contributed by atoms with van der Waals surface area (Å²) in [6.45, 7) is 7.52. The highest BCUT2D eigenvalue weighted by molar-refractivity contribution is 8.14. The Morgan fingerprint density at radius 2 is 2.11 bits per heavy atom. The van der Waals surface area contributed by atoms with Crippen LogP contribution in [0.4, 0.5) is 5.69 Å². The van der Waals surface area contributed by atoms with Crippen LogP contribution in [0.25, 0.3) is 0 Å². The summed E-state index contributed by atoms with van der Waals surface area (Å²) in [4.78, 5) is 8.87. The number of anilines is 1. The summed E-state index contributed by atoms with van der Waals surface area (Å²) < 4.78 is 0. The number of thioether (sulfide) groups is 1. The lowest BCUT2D eigenvalue weighted by Crippen LogP contribution is -2.32. The van der Waals surface area contributed by atoms with E-state index in [1.165, 1.54) is 12.8 Å². The molecule has 4 heteroatoms. The normalized spacial score (nSPS) is 18.3. The molecule has 1 aliphatic heterocycles. The summed E-state index contributed by atoms with van der Waals surface area (Å²) in [5.74, 6) is 1.16. The fraction of sp³-hybridized carbons (Fsp3) is 0.571. The highest BCUT2D eigenvalue weighted by atomic mass is 32.2. The Kier molecular flexibility index (Phi) is 4.27. The first-order valence-electron chi connectivity index (χ1n) is 6.53. The number of hydrogen-bond donors (Lipinski definition) is 1. The van der Waals surface area contributed by atoms with Crippen molar-refractivity contribution < 1.29 is 0 Å². The first kappa shape index (κ1) is 13.4. The number of nitrogens with zero attached hydrogens (tertiary/aromatic N) is 2. The van der Waals surface area contributed by atoms with Crippen LogP contribution in [0.3, 0.4) is 0 Å². The molecular formula is C14H21N3S. The molecule has 0 amide bonds. The summed E-state index contributed by atoms with van der Waals surface area (Å²) >= 11 is 1.83. The third-order valence-corrected chi connectivity index (χ3v) is 4.96. The van der Waals surface area contributed by atoms with Crippen LogP contribution in [0.5, 0.6) is 0 Å². The second kappa shape index (κ2) is 5.74. The minimum absolute atomic E-state index is 0.403. The highest BCUT2D eigenvalue weighted by Gasteiger charge is 2.30. The molecular weight excluding hydrogens is 242 g/mol. The van der Waals surface area contributed by atoms with E-state index in [9.17, 15) is 0 Å². The zero-order chi connectivity index (χ0) is 13.0. The van der Waals surface area contributed by atoms with Crippen LogP contribution in [-0.4, -0.2) is 22.4 Å². The van der Waals surface area contributed by atoms with E-state index in [0.717, 1.165) is 28.7 Å². The average Bonchev–Trinajstić information content (AvgIpc) is 2.40. The Morgan fingerprint density at radius 1 is 1.33 bits per heavy atom. The Morgan fingerprint density at radius 3 is 2.67 bits per heavy atom. The second-order valence-corrected chi connectivity index (χ2v) is 5.96. The predicted molar refractivity (Wildman–Crippen MR) is 80.4 cm³/mol. The van der Waals surface area contributed by atoms with Gasteiger partial charge < -0.3 is 5.32 Å². The number of nitrogens with one attached hydrogen (secondary N) is 1. The van der Waals surface area contributed by atoms with E-state index in [2.05, 4.69) is 30.2 Å². The molecule has 2 rings (SSSR count). The summed E-state index contributed by atoms with van der Waals surface area (Å²) in [6.07, 6.45) is 6.12. The number of amidine groups is 1. The monoisotopic (exact) mass is 263 g/mol. The van der Waals surface area contributed by atoms with Crippen LogP contribution >= 0.6 is 11.8 Å². The quantitative estimate of drug-likeness (QED) is 0.903. The van der Waals surface area contributed by atoms with Crippen molar-refractivity contribution in [3.05, 3.63) is 24.0 Å². The van der Waals surface area contributed by atoms with Crippen molar-refractivity contribution in [2.24, 2.45) is 10.4 Å². The molecule has 0 bridgehead atoms. The van der Waals surface area contributed by atoms with Gasteiger partial charge in [-0.15, -0.1) is 0 Å². The topological polar surface area (TPSA) is 37.3 Å². The molecule has 1 N–H and O–H groups in total. The summed E-state index contributed by atoms with van der Waals surface area (Å²) in [6, 6.07) is 2.09. The largest absolute Gasteiger partial charge is 0.334 e. The van der Waals surface area contributed by atoms with Crippen molar-refractivity contribution in [1.29, 1.82) is 0 Å². The van der Waals surface area contributed by atoms with Crippen molar-refractivity contribution in [1.82, 2.24) is 4.98 Å². The van der Waals surface area contributed by atoms with Crippen LogP contribution < -0.4 is 5.32 Å². The van der Waals surface area contributed by atoms with Crippen molar-refractivity contribution in [2.45, 2.75) is 33.6 Å². The van der Waals surface area contributed by atoms with Gasteiger partial charge in [-0.3, -0.25) is 9.98 Å². The maximum absolute atomic E-state index is 4.69. The standard InChI is InChI=1S/C14H21N3S/c1-4-14(5-2)9-16-13(18-10-14)17-12-6-11(3)7-15-8-12/h6-8H,4-5,9-10H2,1-3H3,(H,16,17). The fourth-order valence-corrected chi connectivity index (χ4v) is 3.34. The minimum Gasteiger partial charge on any atom is -0.334 e. The Labute approximate surface area is 113 Å². The average molecular weight is 263 g/mol. The lowest BCUT2D eigenvalue weighted by molar-refractivity contribution is 0.318. The number of pyridine rings is 1. The van der Waals surface area contributed by atoms with Crippen LogP contribution in [0, 0.1) is 12.3 Å². The van der Waals surface area contributed by atoms with E-state index < -0.39 is 0 Å². The van der Waals surface area contributed by atoms with E-state index in [1.54, 1.807) is 0 Å². The lowest BCUT2D eigenvalue weighted by Gasteiger charge is -2.33. The molecule has 18 heavy (non-hydrogen) atoms. The fourth-order valence-electron chi connectivity index (χ4n) is 2.05. The van der Waals surface area contributed by atoms with E-state index in [-0.39, 0.29) is 0 Å². The Bertz CT molecular complexity index is 438. The van der Waals surface area contributed by atoms with Gasteiger partial charge in [-0.2, -0.15) is 0 Å². The van der Waals surface area contributed by atoms with Gasteiger partial charge in [-0.25, -0.2) is 0 Å². The van der Waals surface area contributed by atoms with E-state index in [1.807, 2.05) is 31.1 Å². The second-order valence-electron chi connectivity index (χ2n) is 4.99. The number of aryl methyl sites for hydroxylation is 1. The molecule has 98 valence electrons. The van der Waals surface area contributed by atoms with Crippen molar-refractivity contribution in [3.8, 4) is 0 Å². The van der Waals surface area contributed by atoms with Gasteiger partial charge >= 0.3 is 0 Å². The van der Waals surface area contributed by atoms with Gasteiger partial charge in [0.1, 0.15) is 0 Å². The number of hydrogen-bond acceptors (Lipinski definition) is 4. The maximum Gasteiger partial charge on any atom is 0.161 e. The molecule has 0 aliphatic carbocycles. The van der Waals surface area contributed by atoms with Gasteiger partial charge in [-0.1, -0.05) is 25.6 Å². The van der Waals surface area contributed by atoms with Crippen LogP contribution in [0.15, 0.2) is 23.5 Å². The van der Waals surface area contributed by atoms with Crippen molar-refractivity contribution >= 4 is 22.6 Å². The SMILES string of the molecule is CCC1(CC)CN=C(Nc2cncc(C)c2)SC1. The lowest BCUT2D eigenvalue weighted by atomic mass is 9.84. The molecule has 0 atom stereocenters. The van der Waals surface area contributed by atoms with Gasteiger partial charge in [0.05, 0.1) is 11.9 Å². The van der Waals surface area contributed by atoms with Gasteiger partial charge in [-0.05, 0) is 36.8 Å². The molecule has 1 aromatic heterocycles. The molecule has 0 aromatic carbocycles. The van der Waals surface area contributed by atoms with Crippen molar-refractivity contribution in [2.75, 3.05) is 17.6 Å². The highest BCUT2D eigenvalue weighted by Crippen LogP contribution is 2.35. The molecule has 0 radical (unpaired) electrons. The van der Waals surface area contributed by atoms with E-state index in [0.29, 0.717) is 5.41 Å². The zero-order valence-corrected chi connectivity index (χ0v) is 12.2. The molecule has 1 aromatic rings. The first-order valence-corrected chi connectivity index (χ1v) is 7.52. The van der Waals surface area contributed by atoms with Gasteiger partial charge in [0.15, 0.2) is 5.17 Å². The minimum atomic E-state index is 0.403. The van der Waals surface area contributed by atoms with Gasteiger partial charge in [0.2, 0.25) is 0 Å². The summed E-state index contributed by atoms with van der Waals surface area (Å²) in [5.41, 5.74) is 2.60. The first-order chi connectivity index (χ1) is 8.67. The van der Waals surface area contributed by atoms with E-state index >= 15 is 0 Å². The molecule has 3 nitrogen and oxygen atoms in total. The molecule has 2 heterocycles. The van der Waals surface area contributed by atoms with Crippen LogP contribution in [0.1, 0.15) is 32.3 Å². The number of aromatic nitrogens is 1.